The summed E-state index contributed by atoms with van der Waals surface area (Å²) in [5.41, 5.74) is 3.01. The Morgan fingerprint density at radius 2 is 1.24 bits per heavy atom. The van der Waals surface area contributed by atoms with Crippen molar-refractivity contribution in [3.8, 4) is 0 Å². The topological polar surface area (TPSA) is 0 Å². The minimum atomic E-state index is 1.19. The van der Waals surface area contributed by atoms with Crippen LogP contribution in [0.1, 0.15) is 43.2 Å². The fourth-order valence-corrected chi connectivity index (χ4v) is 4.06. The van der Waals surface area contributed by atoms with Gasteiger partial charge in [-0.2, -0.15) is 23.5 Å². The highest BCUT2D eigenvalue weighted by Crippen LogP contribution is 2.20. The van der Waals surface area contributed by atoms with Crippen molar-refractivity contribution in [1.29, 1.82) is 0 Å². The van der Waals surface area contributed by atoms with Crippen LogP contribution < -0.4 is 0 Å². The van der Waals surface area contributed by atoms with Crippen LogP contribution in [-0.4, -0.2) is 11.5 Å². The largest absolute Gasteiger partial charge is 0.157 e. The first-order chi connectivity index (χ1) is 8.45. The molecule has 1 aromatic rings. The summed E-state index contributed by atoms with van der Waals surface area (Å²) < 4.78 is 0. The molecule has 0 spiro atoms. The Morgan fingerprint density at radius 1 is 0.706 bits per heavy atom. The van der Waals surface area contributed by atoms with Crippen LogP contribution in [0.5, 0.6) is 0 Å². The molecule has 0 amide bonds. The zero-order chi connectivity index (χ0) is 11.8. The van der Waals surface area contributed by atoms with Gasteiger partial charge < -0.3 is 0 Å². The Morgan fingerprint density at radius 3 is 1.82 bits per heavy atom. The first kappa shape index (κ1) is 13.4. The summed E-state index contributed by atoms with van der Waals surface area (Å²) in [6, 6.07) is 9.16. The predicted octanol–water partition coefficient (Wildman–Crippen LogP) is 5.12. The third-order valence-electron chi connectivity index (χ3n) is 3.11. The van der Waals surface area contributed by atoms with Crippen LogP contribution in [0.2, 0.25) is 0 Å². The average Bonchev–Trinajstić information content (AvgIpc) is 2.36. The minimum Gasteiger partial charge on any atom is -0.157 e. The Bertz CT molecular complexity index is 295. The SMILES string of the molecule is c1cc2cc(c1)CSCCCCCCCSC2. The Balaban J connectivity index is 1.91. The van der Waals surface area contributed by atoms with Crippen LogP contribution in [0.3, 0.4) is 0 Å². The van der Waals surface area contributed by atoms with Gasteiger partial charge >= 0.3 is 0 Å². The zero-order valence-electron chi connectivity index (χ0n) is 10.5. The van der Waals surface area contributed by atoms with Gasteiger partial charge in [-0.3, -0.25) is 0 Å². The van der Waals surface area contributed by atoms with E-state index in [1.165, 1.54) is 66.2 Å². The quantitative estimate of drug-likeness (QED) is 0.639. The molecular weight excluding hydrogens is 244 g/mol. The van der Waals surface area contributed by atoms with Crippen LogP contribution >= 0.6 is 23.5 Å². The van der Waals surface area contributed by atoms with Gasteiger partial charge in [0.15, 0.2) is 0 Å². The van der Waals surface area contributed by atoms with Crippen molar-refractivity contribution in [2.45, 2.75) is 43.6 Å². The second kappa shape index (κ2) is 8.10. The van der Waals surface area contributed by atoms with Gasteiger partial charge in [-0.1, -0.05) is 43.5 Å². The number of rotatable bonds is 0. The molecule has 94 valence electrons. The smallest absolute Gasteiger partial charge is 0.0184 e. The van der Waals surface area contributed by atoms with Crippen molar-refractivity contribution in [3.05, 3.63) is 35.4 Å². The maximum absolute atomic E-state index is 2.39. The predicted molar refractivity (Wildman–Crippen MR) is 81.9 cm³/mol. The molecule has 0 radical (unpaired) electrons. The molecule has 0 nitrogen and oxygen atoms in total. The summed E-state index contributed by atoms with van der Waals surface area (Å²) in [4.78, 5) is 0. The molecule has 2 bridgehead atoms. The molecule has 1 aromatic carbocycles. The van der Waals surface area contributed by atoms with Gasteiger partial charge in [0, 0.05) is 11.5 Å². The average molecular weight is 266 g/mol. The third kappa shape index (κ3) is 5.39. The van der Waals surface area contributed by atoms with E-state index in [-0.39, 0.29) is 0 Å². The van der Waals surface area contributed by atoms with E-state index < -0.39 is 0 Å². The lowest BCUT2D eigenvalue weighted by atomic mass is 10.2. The van der Waals surface area contributed by atoms with Crippen LogP contribution in [-0.2, 0) is 11.5 Å². The molecule has 1 aliphatic rings. The molecule has 17 heavy (non-hydrogen) atoms. The molecule has 1 aliphatic heterocycles. The fraction of sp³-hybridized carbons (Fsp3) is 0.600. The summed E-state index contributed by atoms with van der Waals surface area (Å²) in [7, 11) is 0. The van der Waals surface area contributed by atoms with E-state index in [1.807, 2.05) is 0 Å². The Kier molecular flexibility index (Phi) is 6.36. The zero-order valence-corrected chi connectivity index (χ0v) is 12.1. The highest BCUT2D eigenvalue weighted by atomic mass is 32.2. The summed E-state index contributed by atoms with van der Waals surface area (Å²) >= 11 is 4.19. The van der Waals surface area contributed by atoms with Crippen molar-refractivity contribution >= 4 is 23.5 Å². The van der Waals surface area contributed by atoms with Crippen molar-refractivity contribution in [1.82, 2.24) is 0 Å². The van der Waals surface area contributed by atoms with Crippen LogP contribution in [0.4, 0.5) is 0 Å². The minimum absolute atomic E-state index is 1.19. The molecule has 1 heterocycles. The monoisotopic (exact) mass is 266 g/mol. The summed E-state index contributed by atoms with van der Waals surface area (Å²) in [5.74, 6) is 5.05. The molecule has 2 heteroatoms. The van der Waals surface area contributed by atoms with Crippen LogP contribution in [0.15, 0.2) is 24.3 Å². The molecule has 0 atom stereocenters. The van der Waals surface area contributed by atoms with Gasteiger partial charge in [0.2, 0.25) is 0 Å². The molecular formula is C15H22S2. The molecule has 0 fully saturated rings. The van der Waals surface area contributed by atoms with Gasteiger partial charge in [0.25, 0.3) is 0 Å². The fourth-order valence-electron chi connectivity index (χ4n) is 2.13. The van der Waals surface area contributed by atoms with E-state index in [0.29, 0.717) is 0 Å². The molecule has 0 saturated carbocycles. The lowest BCUT2D eigenvalue weighted by Gasteiger charge is -2.07. The summed E-state index contributed by atoms with van der Waals surface area (Å²) in [6.07, 6.45) is 7.09. The van der Waals surface area contributed by atoms with Crippen molar-refractivity contribution < 1.29 is 0 Å². The molecule has 0 aliphatic carbocycles. The van der Waals surface area contributed by atoms with E-state index in [0.717, 1.165) is 0 Å². The standard InChI is InChI=1S/C15H22S2/c1-2-4-9-16-12-14-7-6-8-15(11-14)13-17-10-5-3-1/h6-8,11H,1-5,9-10,12-13H2. The second-order valence-corrected chi connectivity index (χ2v) is 6.90. The molecule has 0 N–H and O–H groups in total. The van der Waals surface area contributed by atoms with Crippen LogP contribution in [0.25, 0.3) is 0 Å². The van der Waals surface area contributed by atoms with Gasteiger partial charge in [-0.15, -0.1) is 0 Å². The lowest BCUT2D eigenvalue weighted by Crippen LogP contribution is -1.90. The maximum Gasteiger partial charge on any atom is 0.0184 e. The van der Waals surface area contributed by atoms with Crippen LogP contribution in [0, 0.1) is 0 Å². The molecule has 0 aromatic heterocycles. The number of benzene rings is 1. The van der Waals surface area contributed by atoms with Crippen molar-refractivity contribution in [3.63, 3.8) is 0 Å². The Labute approximate surface area is 114 Å². The van der Waals surface area contributed by atoms with Crippen molar-refractivity contribution in [2.75, 3.05) is 11.5 Å². The maximum atomic E-state index is 2.39. The van der Waals surface area contributed by atoms with E-state index in [9.17, 15) is 0 Å². The lowest BCUT2D eigenvalue weighted by molar-refractivity contribution is 0.662. The van der Waals surface area contributed by atoms with Gasteiger partial charge in [-0.25, -0.2) is 0 Å². The van der Waals surface area contributed by atoms with E-state index in [2.05, 4.69) is 47.8 Å². The first-order valence-electron chi connectivity index (χ1n) is 6.68. The van der Waals surface area contributed by atoms with E-state index >= 15 is 0 Å². The normalized spacial score (nSPS) is 19.5. The van der Waals surface area contributed by atoms with Gasteiger partial charge in [0.1, 0.15) is 0 Å². The van der Waals surface area contributed by atoms with E-state index in [1.54, 1.807) is 0 Å². The number of hydrogen-bond donors (Lipinski definition) is 0. The second-order valence-electron chi connectivity index (χ2n) is 4.69. The number of hydrogen-bond acceptors (Lipinski definition) is 2. The first-order valence-corrected chi connectivity index (χ1v) is 8.99. The van der Waals surface area contributed by atoms with Gasteiger partial charge in [0.05, 0.1) is 0 Å². The highest BCUT2D eigenvalue weighted by molar-refractivity contribution is 7.98. The van der Waals surface area contributed by atoms with E-state index in [4.69, 9.17) is 0 Å². The highest BCUT2D eigenvalue weighted by Gasteiger charge is 2.00. The number of fused-ring (bicyclic) bond motifs is 2. The van der Waals surface area contributed by atoms with Crippen molar-refractivity contribution in [2.24, 2.45) is 0 Å². The molecule has 2 rings (SSSR count). The summed E-state index contributed by atoms with van der Waals surface area (Å²) in [6.45, 7) is 0. The third-order valence-corrected chi connectivity index (χ3v) is 5.34. The molecule has 0 unspecified atom stereocenters. The molecule has 0 saturated heterocycles. The number of thioether (sulfide) groups is 2. The Hall–Kier alpha value is -0.0800. The van der Waals surface area contributed by atoms with Gasteiger partial charge in [-0.05, 0) is 35.5 Å². The summed E-state index contributed by atoms with van der Waals surface area (Å²) in [5, 5.41) is 0.